The molecule has 0 saturated heterocycles. The topological polar surface area (TPSA) is 41.9 Å². The molecule has 1 amide bonds. The minimum Gasteiger partial charge on any atom is -0.386 e. The Hall–Kier alpha value is -2.04. The highest BCUT2D eigenvalue weighted by atomic mass is 35.5. The molecule has 2 aromatic carbocycles. The Kier molecular flexibility index (Phi) is 5.07. The van der Waals surface area contributed by atoms with Gasteiger partial charge in [-0.25, -0.2) is 0 Å². The van der Waals surface area contributed by atoms with Crippen molar-refractivity contribution in [2.75, 3.05) is 11.5 Å². The molecule has 0 saturated carbocycles. The van der Waals surface area contributed by atoms with Crippen LogP contribution in [0.4, 0.5) is 5.69 Å². The van der Waals surface area contributed by atoms with E-state index in [1.807, 2.05) is 31.2 Å². The first-order valence-electron chi connectivity index (χ1n) is 7.56. The average molecular weight is 363 g/mol. The number of anilines is 1. The quantitative estimate of drug-likeness (QED) is 0.600. The van der Waals surface area contributed by atoms with Gasteiger partial charge < -0.3 is 9.74 Å². The first-order valence-corrected chi connectivity index (χ1v) is 8.32. The van der Waals surface area contributed by atoms with E-state index in [2.05, 4.69) is 5.16 Å². The van der Waals surface area contributed by atoms with Gasteiger partial charge in [0.05, 0.1) is 11.2 Å². The number of nitrogens with zero attached hydrogens (tertiary/aromatic N) is 2. The molecule has 24 heavy (non-hydrogen) atoms. The second kappa shape index (κ2) is 7.24. The van der Waals surface area contributed by atoms with Crippen LogP contribution in [0.2, 0.25) is 10.0 Å². The van der Waals surface area contributed by atoms with Crippen LogP contribution in [-0.2, 0) is 16.1 Å². The van der Waals surface area contributed by atoms with Crippen LogP contribution in [0.25, 0.3) is 0 Å². The second-order valence-electron chi connectivity index (χ2n) is 5.62. The predicted molar refractivity (Wildman–Crippen MR) is 97.1 cm³/mol. The van der Waals surface area contributed by atoms with Crippen LogP contribution in [-0.4, -0.2) is 24.8 Å². The monoisotopic (exact) mass is 362 g/mol. The normalized spacial score (nSPS) is 16.5. The Morgan fingerprint density at radius 1 is 1.33 bits per heavy atom. The van der Waals surface area contributed by atoms with Gasteiger partial charge in [0.15, 0.2) is 6.61 Å². The molecular weight excluding hydrogens is 347 g/mol. The van der Waals surface area contributed by atoms with Gasteiger partial charge in [-0.15, -0.1) is 0 Å². The van der Waals surface area contributed by atoms with Gasteiger partial charge in [-0.2, -0.15) is 0 Å². The third-order valence-electron chi connectivity index (χ3n) is 3.89. The zero-order chi connectivity index (χ0) is 17.1. The second-order valence-corrected chi connectivity index (χ2v) is 6.46. The number of rotatable bonds is 4. The molecule has 1 heterocycles. The summed E-state index contributed by atoms with van der Waals surface area (Å²) in [6, 6.07) is 13.1. The van der Waals surface area contributed by atoms with Gasteiger partial charge in [-0.3, -0.25) is 4.79 Å². The lowest BCUT2D eigenvalue weighted by Crippen LogP contribution is -2.37. The van der Waals surface area contributed by atoms with E-state index >= 15 is 0 Å². The van der Waals surface area contributed by atoms with Crippen LogP contribution in [0.5, 0.6) is 0 Å². The fraction of sp³-hybridized carbons (Fsp3) is 0.222. The number of carbonyl (C=O) groups is 1. The summed E-state index contributed by atoms with van der Waals surface area (Å²) in [4.78, 5) is 19.3. The number of carbonyl (C=O) groups excluding carboxylic acids is 1. The molecule has 3 rings (SSSR count). The molecule has 1 aliphatic rings. The fourth-order valence-electron chi connectivity index (χ4n) is 2.81. The Balaban J connectivity index is 1.61. The molecule has 124 valence electrons. The van der Waals surface area contributed by atoms with Crippen LogP contribution < -0.4 is 4.90 Å². The van der Waals surface area contributed by atoms with Crippen LogP contribution in [0.15, 0.2) is 47.6 Å². The number of para-hydroxylation sites is 1. The summed E-state index contributed by atoms with van der Waals surface area (Å²) in [7, 11) is 0. The van der Waals surface area contributed by atoms with Gasteiger partial charge in [0.1, 0.15) is 0 Å². The molecule has 0 fully saturated rings. The molecule has 0 spiro atoms. The molecule has 0 aromatic heterocycles. The molecule has 1 atom stereocenters. The number of fused-ring (bicyclic) bond motifs is 1. The van der Waals surface area contributed by atoms with Gasteiger partial charge in [0.2, 0.25) is 0 Å². The average Bonchev–Trinajstić information content (AvgIpc) is 2.88. The summed E-state index contributed by atoms with van der Waals surface area (Å²) in [5.74, 6) is -0.119. The summed E-state index contributed by atoms with van der Waals surface area (Å²) in [6.45, 7) is 1.90. The van der Waals surface area contributed by atoms with Gasteiger partial charge in [-0.1, -0.05) is 52.6 Å². The lowest BCUT2D eigenvalue weighted by molar-refractivity contribution is -0.123. The number of amides is 1. The van der Waals surface area contributed by atoms with Gasteiger partial charge >= 0.3 is 0 Å². The van der Waals surface area contributed by atoms with Gasteiger partial charge in [0.25, 0.3) is 5.91 Å². The van der Waals surface area contributed by atoms with Crippen molar-refractivity contribution < 1.29 is 9.63 Å². The van der Waals surface area contributed by atoms with Crippen molar-refractivity contribution in [3.8, 4) is 0 Å². The Morgan fingerprint density at radius 2 is 2.12 bits per heavy atom. The molecule has 6 heteroatoms. The molecule has 4 nitrogen and oxygen atoms in total. The van der Waals surface area contributed by atoms with E-state index in [-0.39, 0.29) is 18.6 Å². The first-order chi connectivity index (χ1) is 11.6. The van der Waals surface area contributed by atoms with E-state index in [4.69, 9.17) is 28.0 Å². The number of oxime groups is 1. The number of hydrogen-bond acceptors (Lipinski definition) is 3. The van der Waals surface area contributed by atoms with Crippen LogP contribution in [0, 0.1) is 0 Å². The molecule has 2 aromatic rings. The van der Waals surface area contributed by atoms with Crippen molar-refractivity contribution in [1.82, 2.24) is 0 Å². The van der Waals surface area contributed by atoms with Crippen LogP contribution in [0.3, 0.4) is 0 Å². The van der Waals surface area contributed by atoms with Crippen molar-refractivity contribution in [1.29, 1.82) is 0 Å². The summed E-state index contributed by atoms with van der Waals surface area (Å²) in [6.07, 6.45) is 2.32. The molecule has 0 N–H and O–H groups in total. The summed E-state index contributed by atoms with van der Waals surface area (Å²) in [5, 5.41) is 4.85. The van der Waals surface area contributed by atoms with E-state index in [9.17, 15) is 4.79 Å². The van der Waals surface area contributed by atoms with E-state index in [1.54, 1.807) is 23.1 Å². The maximum atomic E-state index is 12.4. The minimum atomic E-state index is -0.125. The highest BCUT2D eigenvalue weighted by molar-refractivity contribution is 6.36. The zero-order valence-electron chi connectivity index (χ0n) is 13.1. The third kappa shape index (κ3) is 3.55. The molecule has 1 aliphatic heterocycles. The summed E-state index contributed by atoms with van der Waals surface area (Å²) >= 11 is 11.9. The van der Waals surface area contributed by atoms with E-state index < -0.39 is 0 Å². The van der Waals surface area contributed by atoms with Crippen LogP contribution >= 0.6 is 23.2 Å². The highest BCUT2D eigenvalue weighted by Crippen LogP contribution is 2.31. The number of hydrogen-bond donors (Lipinski definition) is 0. The Bertz CT molecular complexity index is 792. The van der Waals surface area contributed by atoms with E-state index in [0.717, 1.165) is 12.1 Å². The fourth-order valence-corrected chi connectivity index (χ4v) is 3.27. The van der Waals surface area contributed by atoms with Gasteiger partial charge in [0, 0.05) is 22.3 Å². The maximum absolute atomic E-state index is 12.4. The number of benzene rings is 2. The summed E-state index contributed by atoms with van der Waals surface area (Å²) in [5.41, 5.74) is 2.80. The SMILES string of the molecule is C[C@H]1Cc2ccccc2N1C(=O)CO/N=C\c1ccc(Cl)cc1Cl. The largest absolute Gasteiger partial charge is 0.386 e. The van der Waals surface area contributed by atoms with E-state index in [1.165, 1.54) is 11.8 Å². The molecule has 0 radical (unpaired) electrons. The Labute approximate surface area is 150 Å². The van der Waals surface area contributed by atoms with Crippen molar-refractivity contribution in [2.24, 2.45) is 5.16 Å². The highest BCUT2D eigenvalue weighted by Gasteiger charge is 2.30. The number of halogens is 2. The van der Waals surface area contributed by atoms with Crippen molar-refractivity contribution in [2.45, 2.75) is 19.4 Å². The molecule has 0 bridgehead atoms. The standard InChI is InChI=1S/C18H16Cl2N2O2/c1-12-8-13-4-2-3-5-17(13)22(12)18(23)11-24-21-10-14-6-7-15(19)9-16(14)20/h2-7,9-10,12H,8,11H2,1H3/b21-10-/t12-/m0/s1. The Morgan fingerprint density at radius 3 is 2.92 bits per heavy atom. The first kappa shape index (κ1) is 16.8. The maximum Gasteiger partial charge on any atom is 0.268 e. The van der Waals surface area contributed by atoms with Crippen molar-refractivity contribution in [3.63, 3.8) is 0 Å². The smallest absolute Gasteiger partial charge is 0.268 e. The molecular formula is C18H16Cl2N2O2. The molecule has 0 aliphatic carbocycles. The predicted octanol–water partition coefficient (Wildman–Crippen LogP) is 4.32. The molecule has 0 unspecified atom stereocenters. The lowest BCUT2D eigenvalue weighted by atomic mass is 10.1. The third-order valence-corrected chi connectivity index (χ3v) is 4.46. The van der Waals surface area contributed by atoms with Gasteiger partial charge in [-0.05, 0) is 37.1 Å². The van der Waals surface area contributed by atoms with Crippen LogP contribution in [0.1, 0.15) is 18.1 Å². The zero-order valence-corrected chi connectivity index (χ0v) is 14.6. The minimum absolute atomic E-state index is 0.119. The lowest BCUT2D eigenvalue weighted by Gasteiger charge is -2.21. The summed E-state index contributed by atoms with van der Waals surface area (Å²) < 4.78 is 0. The van der Waals surface area contributed by atoms with E-state index in [0.29, 0.717) is 15.6 Å². The van der Waals surface area contributed by atoms with Crippen molar-refractivity contribution in [3.05, 3.63) is 63.6 Å². The van der Waals surface area contributed by atoms with Crippen molar-refractivity contribution >= 4 is 41.0 Å².